The second-order valence-electron chi connectivity index (χ2n) is 6.64. The van der Waals surface area contributed by atoms with Crippen LogP contribution in [0, 0.1) is 5.92 Å². The summed E-state index contributed by atoms with van der Waals surface area (Å²) in [5, 5.41) is 9.33. The second kappa shape index (κ2) is 5.68. The first-order valence-corrected chi connectivity index (χ1v) is 9.62. The SMILES string of the molecule is CC(C)(C)[Si](C)(C)OCC(=CCO)C1CCC1. The predicted octanol–water partition coefficient (Wildman–Crippen LogP) is 3.73. The minimum absolute atomic E-state index is 0.146. The van der Waals surface area contributed by atoms with Crippen molar-refractivity contribution in [3.05, 3.63) is 11.6 Å². The van der Waals surface area contributed by atoms with Gasteiger partial charge < -0.3 is 9.53 Å². The summed E-state index contributed by atoms with van der Waals surface area (Å²) in [7, 11) is -1.65. The Kier molecular flexibility index (Phi) is 4.99. The van der Waals surface area contributed by atoms with Crippen LogP contribution >= 0.6 is 0 Å². The molecule has 0 atom stereocenters. The van der Waals surface area contributed by atoms with E-state index in [9.17, 15) is 0 Å². The van der Waals surface area contributed by atoms with Crippen molar-refractivity contribution in [1.82, 2.24) is 0 Å². The Morgan fingerprint density at radius 2 is 1.94 bits per heavy atom. The van der Waals surface area contributed by atoms with Crippen LogP contribution in [-0.4, -0.2) is 26.6 Å². The largest absolute Gasteiger partial charge is 0.413 e. The van der Waals surface area contributed by atoms with Crippen LogP contribution in [0.2, 0.25) is 18.1 Å². The lowest BCUT2D eigenvalue weighted by molar-refractivity contribution is 0.268. The van der Waals surface area contributed by atoms with Crippen LogP contribution in [0.4, 0.5) is 0 Å². The van der Waals surface area contributed by atoms with Gasteiger partial charge in [0.25, 0.3) is 0 Å². The molecule has 0 aromatic heterocycles. The Bertz CT molecular complexity index is 272. The summed E-state index contributed by atoms with van der Waals surface area (Å²) in [5.74, 6) is 0.673. The van der Waals surface area contributed by atoms with E-state index in [1.807, 2.05) is 6.08 Å². The van der Waals surface area contributed by atoms with Gasteiger partial charge in [-0.25, -0.2) is 0 Å². The van der Waals surface area contributed by atoms with Gasteiger partial charge in [0.15, 0.2) is 8.32 Å². The maximum atomic E-state index is 9.07. The highest BCUT2D eigenvalue weighted by atomic mass is 28.4. The molecule has 0 amide bonds. The van der Waals surface area contributed by atoms with Crippen LogP contribution in [-0.2, 0) is 4.43 Å². The van der Waals surface area contributed by atoms with E-state index in [-0.39, 0.29) is 11.6 Å². The Balaban J connectivity index is 2.55. The summed E-state index contributed by atoms with van der Waals surface area (Å²) in [6.07, 6.45) is 5.82. The van der Waals surface area contributed by atoms with Crippen LogP contribution in [0.25, 0.3) is 0 Å². The molecule has 0 aromatic rings. The molecular formula is C14H28O2Si. The summed E-state index contributed by atoms with van der Waals surface area (Å²) in [5.41, 5.74) is 1.32. The first-order chi connectivity index (χ1) is 7.78. The van der Waals surface area contributed by atoms with Gasteiger partial charge in [-0.3, -0.25) is 0 Å². The number of aliphatic hydroxyl groups is 1. The smallest absolute Gasteiger partial charge is 0.192 e. The van der Waals surface area contributed by atoms with Crippen LogP contribution in [0.15, 0.2) is 11.6 Å². The fourth-order valence-corrected chi connectivity index (χ4v) is 2.68. The average molecular weight is 256 g/mol. The Labute approximate surface area is 107 Å². The van der Waals surface area contributed by atoms with Crippen molar-refractivity contribution in [1.29, 1.82) is 0 Å². The van der Waals surface area contributed by atoms with Gasteiger partial charge in [0.2, 0.25) is 0 Å². The van der Waals surface area contributed by atoms with Gasteiger partial charge in [0.1, 0.15) is 0 Å². The van der Waals surface area contributed by atoms with E-state index in [4.69, 9.17) is 9.53 Å². The molecule has 0 aliphatic heterocycles. The van der Waals surface area contributed by atoms with Crippen molar-refractivity contribution >= 4 is 8.32 Å². The standard InChI is InChI=1S/C14H28O2Si/c1-14(2,3)17(4,5)16-11-13(9-10-15)12-7-6-8-12/h9,12,15H,6-8,10-11H2,1-5H3. The highest BCUT2D eigenvalue weighted by molar-refractivity contribution is 6.74. The molecular weight excluding hydrogens is 228 g/mol. The third-order valence-corrected chi connectivity index (χ3v) is 8.87. The van der Waals surface area contributed by atoms with Crippen molar-refractivity contribution in [3.63, 3.8) is 0 Å². The van der Waals surface area contributed by atoms with Crippen LogP contribution in [0.5, 0.6) is 0 Å². The van der Waals surface area contributed by atoms with Gasteiger partial charge in [0.05, 0.1) is 13.2 Å². The topological polar surface area (TPSA) is 29.5 Å². The molecule has 1 rings (SSSR count). The lowest BCUT2D eigenvalue weighted by Crippen LogP contribution is -2.41. The minimum Gasteiger partial charge on any atom is -0.413 e. The Morgan fingerprint density at radius 3 is 2.29 bits per heavy atom. The van der Waals surface area contributed by atoms with E-state index in [0.29, 0.717) is 5.92 Å². The lowest BCUT2D eigenvalue weighted by Gasteiger charge is -2.38. The Hall–Kier alpha value is -0.123. The molecule has 1 N–H and O–H groups in total. The highest BCUT2D eigenvalue weighted by Gasteiger charge is 2.37. The van der Waals surface area contributed by atoms with Crippen molar-refractivity contribution in [2.45, 2.75) is 58.2 Å². The van der Waals surface area contributed by atoms with Gasteiger partial charge in [-0.15, -0.1) is 0 Å². The quantitative estimate of drug-likeness (QED) is 0.600. The van der Waals surface area contributed by atoms with Gasteiger partial charge >= 0.3 is 0 Å². The molecule has 2 nitrogen and oxygen atoms in total. The van der Waals surface area contributed by atoms with Crippen LogP contribution in [0.1, 0.15) is 40.0 Å². The first kappa shape index (κ1) is 14.9. The molecule has 1 saturated carbocycles. The minimum atomic E-state index is -1.65. The van der Waals surface area contributed by atoms with Crippen molar-refractivity contribution in [2.24, 2.45) is 5.92 Å². The van der Waals surface area contributed by atoms with Crippen LogP contribution < -0.4 is 0 Å². The van der Waals surface area contributed by atoms with Gasteiger partial charge in [-0.05, 0) is 42.5 Å². The third-order valence-electron chi connectivity index (χ3n) is 4.39. The first-order valence-electron chi connectivity index (χ1n) is 6.71. The fourth-order valence-electron chi connectivity index (χ4n) is 1.72. The summed E-state index contributed by atoms with van der Waals surface area (Å²) >= 11 is 0. The number of aliphatic hydroxyl groups excluding tert-OH is 1. The molecule has 0 aromatic carbocycles. The van der Waals surface area contributed by atoms with E-state index < -0.39 is 8.32 Å². The molecule has 100 valence electrons. The molecule has 0 saturated heterocycles. The van der Waals surface area contributed by atoms with Crippen molar-refractivity contribution < 1.29 is 9.53 Å². The third kappa shape index (κ3) is 3.93. The summed E-state index contributed by atoms with van der Waals surface area (Å²) in [4.78, 5) is 0. The zero-order valence-corrected chi connectivity index (χ0v) is 13.0. The normalized spacial score (nSPS) is 19.3. The van der Waals surface area contributed by atoms with E-state index >= 15 is 0 Å². The number of hydrogen-bond donors (Lipinski definition) is 1. The molecule has 3 heteroatoms. The highest BCUT2D eigenvalue weighted by Crippen LogP contribution is 2.38. The molecule has 0 radical (unpaired) electrons. The zero-order chi connectivity index (χ0) is 13.1. The second-order valence-corrected chi connectivity index (χ2v) is 11.4. The van der Waals surface area contributed by atoms with Gasteiger partial charge in [-0.1, -0.05) is 33.3 Å². The van der Waals surface area contributed by atoms with E-state index in [0.717, 1.165) is 6.61 Å². The Morgan fingerprint density at radius 1 is 1.35 bits per heavy atom. The number of hydrogen-bond acceptors (Lipinski definition) is 2. The molecule has 0 spiro atoms. The molecule has 1 fully saturated rings. The maximum Gasteiger partial charge on any atom is 0.192 e. The summed E-state index contributed by atoms with van der Waals surface area (Å²) in [6, 6.07) is 0. The molecule has 17 heavy (non-hydrogen) atoms. The fraction of sp³-hybridized carbons (Fsp3) is 0.857. The van der Waals surface area contributed by atoms with Gasteiger partial charge in [0, 0.05) is 0 Å². The van der Waals surface area contributed by atoms with Crippen LogP contribution in [0.3, 0.4) is 0 Å². The van der Waals surface area contributed by atoms with Gasteiger partial charge in [-0.2, -0.15) is 0 Å². The molecule has 0 heterocycles. The van der Waals surface area contributed by atoms with E-state index in [2.05, 4.69) is 33.9 Å². The molecule has 1 aliphatic rings. The lowest BCUT2D eigenvalue weighted by atomic mass is 9.80. The van der Waals surface area contributed by atoms with Crippen molar-refractivity contribution in [3.8, 4) is 0 Å². The molecule has 1 aliphatic carbocycles. The average Bonchev–Trinajstić information content (AvgIpc) is 2.10. The van der Waals surface area contributed by atoms with E-state index in [1.54, 1.807) is 0 Å². The molecule has 0 unspecified atom stereocenters. The van der Waals surface area contributed by atoms with E-state index in [1.165, 1.54) is 24.8 Å². The van der Waals surface area contributed by atoms with Crippen molar-refractivity contribution in [2.75, 3.05) is 13.2 Å². The predicted molar refractivity (Wildman–Crippen MR) is 75.7 cm³/mol. The summed E-state index contributed by atoms with van der Waals surface area (Å²) < 4.78 is 6.22. The maximum absolute atomic E-state index is 9.07. The zero-order valence-electron chi connectivity index (χ0n) is 12.0. The number of rotatable bonds is 5. The summed E-state index contributed by atoms with van der Waals surface area (Å²) in [6.45, 7) is 12.2. The molecule has 0 bridgehead atoms. The monoisotopic (exact) mass is 256 g/mol.